The van der Waals surface area contributed by atoms with Gasteiger partial charge in [0, 0.05) is 0 Å². The third-order valence-corrected chi connectivity index (χ3v) is 2.74. The van der Waals surface area contributed by atoms with Gasteiger partial charge in [-0.2, -0.15) is 13.2 Å². The van der Waals surface area contributed by atoms with Gasteiger partial charge in [-0.1, -0.05) is 0 Å². The number of aryl methyl sites for hydroxylation is 1. The molecular formula is C8H8F3NO2S. The van der Waals surface area contributed by atoms with Gasteiger partial charge in [0.05, 0.1) is 10.5 Å². The molecule has 2 N–H and O–H groups in total. The fourth-order valence-corrected chi connectivity index (χ4v) is 1.73. The van der Waals surface area contributed by atoms with Gasteiger partial charge in [0.25, 0.3) is 0 Å². The van der Waals surface area contributed by atoms with Crippen molar-refractivity contribution in [2.45, 2.75) is 18.0 Å². The number of benzene rings is 1. The van der Waals surface area contributed by atoms with E-state index in [-0.39, 0.29) is 10.5 Å². The fourth-order valence-electron chi connectivity index (χ4n) is 1.13. The van der Waals surface area contributed by atoms with Gasteiger partial charge in [-0.05, 0) is 30.7 Å². The van der Waals surface area contributed by atoms with Crippen LogP contribution < -0.4 is 5.14 Å². The second-order valence-corrected chi connectivity index (χ2v) is 4.58. The van der Waals surface area contributed by atoms with E-state index < -0.39 is 21.8 Å². The Labute approximate surface area is 84.8 Å². The number of halogens is 3. The second kappa shape index (κ2) is 3.49. The van der Waals surface area contributed by atoms with Crippen molar-refractivity contribution in [3.8, 4) is 0 Å². The van der Waals surface area contributed by atoms with Gasteiger partial charge >= 0.3 is 6.18 Å². The van der Waals surface area contributed by atoms with Crippen LogP contribution in [0.4, 0.5) is 13.2 Å². The van der Waals surface area contributed by atoms with E-state index in [4.69, 9.17) is 5.14 Å². The third kappa shape index (κ3) is 2.69. The third-order valence-electron chi connectivity index (χ3n) is 1.83. The van der Waals surface area contributed by atoms with E-state index in [0.717, 1.165) is 12.1 Å². The molecule has 1 rings (SSSR count). The molecule has 3 nitrogen and oxygen atoms in total. The van der Waals surface area contributed by atoms with E-state index in [1.165, 1.54) is 6.92 Å². The monoisotopic (exact) mass is 239 g/mol. The Morgan fingerprint density at radius 2 is 1.80 bits per heavy atom. The van der Waals surface area contributed by atoms with E-state index >= 15 is 0 Å². The van der Waals surface area contributed by atoms with Gasteiger partial charge in [-0.15, -0.1) is 0 Å². The van der Waals surface area contributed by atoms with Crippen LogP contribution in [0.1, 0.15) is 11.1 Å². The Morgan fingerprint density at radius 3 is 2.13 bits per heavy atom. The molecule has 15 heavy (non-hydrogen) atoms. The maximum atomic E-state index is 12.3. The van der Waals surface area contributed by atoms with Crippen LogP contribution in [-0.2, 0) is 16.2 Å². The molecule has 0 unspecified atom stereocenters. The van der Waals surface area contributed by atoms with Crippen LogP contribution in [0.2, 0.25) is 0 Å². The highest BCUT2D eigenvalue weighted by molar-refractivity contribution is 7.89. The van der Waals surface area contributed by atoms with Crippen LogP contribution in [-0.4, -0.2) is 8.42 Å². The normalized spacial score (nSPS) is 12.9. The molecule has 0 fully saturated rings. The summed E-state index contributed by atoms with van der Waals surface area (Å²) in [5, 5.41) is 4.78. The lowest BCUT2D eigenvalue weighted by molar-refractivity contribution is -0.138. The molecule has 0 aliphatic carbocycles. The second-order valence-electron chi connectivity index (χ2n) is 3.02. The number of rotatable bonds is 1. The molecule has 0 saturated carbocycles. The van der Waals surface area contributed by atoms with E-state index in [9.17, 15) is 21.6 Å². The molecular weight excluding hydrogens is 231 g/mol. The summed E-state index contributed by atoms with van der Waals surface area (Å²) in [5.41, 5.74) is -1.04. The number of hydrogen-bond donors (Lipinski definition) is 1. The highest BCUT2D eigenvalue weighted by atomic mass is 32.2. The van der Waals surface area contributed by atoms with Crippen LogP contribution in [0.25, 0.3) is 0 Å². The standard InChI is InChI=1S/C8H8F3NO2S/c1-5-4-6(15(12,13)14)2-3-7(5)8(9,10)11/h2-4H,1H3,(H2,12,13,14). The van der Waals surface area contributed by atoms with E-state index in [1.807, 2.05) is 0 Å². The molecule has 1 aromatic rings. The number of primary sulfonamides is 1. The average molecular weight is 239 g/mol. The highest BCUT2D eigenvalue weighted by Crippen LogP contribution is 2.32. The zero-order chi connectivity index (χ0) is 11.9. The minimum absolute atomic E-state index is 0.172. The van der Waals surface area contributed by atoms with Gasteiger partial charge in [-0.25, -0.2) is 13.6 Å². The minimum atomic E-state index is -4.49. The topological polar surface area (TPSA) is 60.2 Å². The molecule has 84 valence electrons. The van der Waals surface area contributed by atoms with Crippen molar-refractivity contribution < 1.29 is 21.6 Å². The molecule has 0 aliphatic heterocycles. The van der Waals surface area contributed by atoms with Crippen molar-refractivity contribution in [3.05, 3.63) is 29.3 Å². The molecule has 0 spiro atoms. The van der Waals surface area contributed by atoms with Crippen LogP contribution in [0.3, 0.4) is 0 Å². The summed E-state index contributed by atoms with van der Waals surface area (Å²) >= 11 is 0. The average Bonchev–Trinajstić information content (AvgIpc) is 1.99. The summed E-state index contributed by atoms with van der Waals surface area (Å²) < 4.78 is 58.6. The first kappa shape index (κ1) is 12.0. The van der Waals surface area contributed by atoms with Crippen molar-refractivity contribution in [3.63, 3.8) is 0 Å². The van der Waals surface area contributed by atoms with Crippen LogP contribution in [0.5, 0.6) is 0 Å². The van der Waals surface area contributed by atoms with Crippen molar-refractivity contribution >= 4 is 10.0 Å². The summed E-state index contributed by atoms with van der Waals surface area (Å²) in [6.07, 6.45) is -4.49. The lowest BCUT2D eigenvalue weighted by Gasteiger charge is -2.10. The molecule has 1 aromatic carbocycles. The van der Waals surface area contributed by atoms with Crippen molar-refractivity contribution in [2.75, 3.05) is 0 Å². The van der Waals surface area contributed by atoms with Gasteiger partial charge in [-0.3, -0.25) is 0 Å². The Morgan fingerprint density at radius 1 is 1.27 bits per heavy atom. The molecule has 0 radical (unpaired) electrons. The number of alkyl halides is 3. The molecule has 0 heterocycles. The van der Waals surface area contributed by atoms with E-state index in [2.05, 4.69) is 0 Å². The highest BCUT2D eigenvalue weighted by Gasteiger charge is 2.32. The SMILES string of the molecule is Cc1cc(S(N)(=O)=O)ccc1C(F)(F)F. The van der Waals surface area contributed by atoms with Gasteiger partial charge in [0.15, 0.2) is 0 Å². The van der Waals surface area contributed by atoms with Crippen LogP contribution in [0, 0.1) is 6.92 Å². The molecule has 0 saturated heterocycles. The smallest absolute Gasteiger partial charge is 0.225 e. The quantitative estimate of drug-likeness (QED) is 0.810. The van der Waals surface area contributed by atoms with Gasteiger partial charge in [0.2, 0.25) is 10.0 Å². The predicted octanol–water partition coefficient (Wildman–Crippen LogP) is 1.66. The Hall–Kier alpha value is -1.08. The summed E-state index contributed by atoms with van der Waals surface area (Å²) in [6, 6.07) is 2.44. The van der Waals surface area contributed by atoms with E-state index in [0.29, 0.717) is 6.07 Å². The molecule has 0 aliphatic rings. The zero-order valence-electron chi connectivity index (χ0n) is 7.67. The fraction of sp³-hybridized carbons (Fsp3) is 0.250. The molecule has 0 atom stereocenters. The predicted molar refractivity (Wildman–Crippen MR) is 47.6 cm³/mol. The Balaban J connectivity index is 3.34. The maximum Gasteiger partial charge on any atom is 0.416 e. The molecule has 0 aromatic heterocycles. The number of sulfonamides is 1. The first-order valence-electron chi connectivity index (χ1n) is 3.83. The summed E-state index contributed by atoms with van der Waals surface area (Å²) in [7, 11) is -3.95. The lowest BCUT2D eigenvalue weighted by atomic mass is 10.1. The van der Waals surface area contributed by atoms with E-state index in [1.54, 1.807) is 0 Å². The maximum absolute atomic E-state index is 12.3. The van der Waals surface area contributed by atoms with Crippen LogP contribution in [0.15, 0.2) is 23.1 Å². The first-order chi connectivity index (χ1) is 6.62. The molecule has 0 amide bonds. The summed E-state index contributed by atoms with van der Waals surface area (Å²) in [5.74, 6) is 0. The largest absolute Gasteiger partial charge is 0.416 e. The molecule has 7 heteroatoms. The Bertz CT molecular complexity index is 479. The first-order valence-corrected chi connectivity index (χ1v) is 5.37. The Kier molecular flexibility index (Phi) is 2.79. The minimum Gasteiger partial charge on any atom is -0.225 e. The van der Waals surface area contributed by atoms with Crippen molar-refractivity contribution in [2.24, 2.45) is 5.14 Å². The van der Waals surface area contributed by atoms with Crippen LogP contribution >= 0.6 is 0 Å². The lowest BCUT2D eigenvalue weighted by Crippen LogP contribution is -2.14. The number of nitrogens with two attached hydrogens (primary N) is 1. The van der Waals surface area contributed by atoms with Gasteiger partial charge in [0.1, 0.15) is 0 Å². The summed E-state index contributed by atoms with van der Waals surface area (Å²) in [6.45, 7) is 1.18. The van der Waals surface area contributed by atoms with Crippen molar-refractivity contribution in [1.82, 2.24) is 0 Å². The van der Waals surface area contributed by atoms with Gasteiger partial charge < -0.3 is 0 Å². The van der Waals surface area contributed by atoms with Crippen molar-refractivity contribution in [1.29, 1.82) is 0 Å². The molecule has 0 bridgehead atoms. The zero-order valence-corrected chi connectivity index (χ0v) is 8.48. The summed E-state index contributed by atoms with van der Waals surface area (Å²) in [4.78, 5) is -0.326. The number of hydrogen-bond acceptors (Lipinski definition) is 2.